The number of hydrogen-bond acceptors (Lipinski definition) is 4. The Morgan fingerprint density at radius 1 is 0.846 bits per heavy atom. The van der Waals surface area contributed by atoms with Crippen LogP contribution in [0, 0.1) is 0 Å². The fourth-order valence-corrected chi connectivity index (χ4v) is 5.59. The Morgan fingerprint density at radius 3 is 1.92 bits per heavy atom. The van der Waals surface area contributed by atoms with Crippen LogP contribution in [0.15, 0.2) is 107 Å². The molecule has 194 valence electrons. The Labute approximate surface area is 245 Å². The molecule has 0 aromatic heterocycles. The highest BCUT2D eigenvalue weighted by Crippen LogP contribution is 2.35. The molecule has 0 saturated carbocycles. The first kappa shape index (κ1) is 26.8. The van der Waals surface area contributed by atoms with E-state index in [1.165, 1.54) is 9.80 Å². The van der Waals surface area contributed by atoms with Gasteiger partial charge in [0.2, 0.25) is 0 Å². The van der Waals surface area contributed by atoms with Gasteiger partial charge in [0.05, 0.1) is 18.5 Å². The number of carbonyl (C=O) groups excluding carboxylic acids is 2. The molecule has 1 aliphatic rings. The van der Waals surface area contributed by atoms with E-state index >= 15 is 0 Å². The summed E-state index contributed by atoms with van der Waals surface area (Å²) in [5.41, 5.74) is 3.58. The van der Waals surface area contributed by atoms with Crippen LogP contribution in [0.1, 0.15) is 16.7 Å². The Kier molecular flexibility index (Phi) is 7.93. The number of methoxy groups -OCH3 is 1. The molecule has 0 atom stereocenters. The van der Waals surface area contributed by atoms with Gasteiger partial charge in [-0.2, -0.15) is 0 Å². The summed E-state index contributed by atoms with van der Waals surface area (Å²) in [5, 5.41) is 0.752. The first-order valence-corrected chi connectivity index (χ1v) is 13.6. The van der Waals surface area contributed by atoms with Gasteiger partial charge in [-0.15, -0.1) is 0 Å². The summed E-state index contributed by atoms with van der Waals surface area (Å²) in [6.07, 6.45) is 2.11. The van der Waals surface area contributed by atoms with Crippen molar-refractivity contribution in [3.63, 3.8) is 0 Å². The number of hydrogen-bond donors (Lipinski definition) is 0. The van der Waals surface area contributed by atoms with Gasteiger partial charge in [-0.3, -0.25) is 19.4 Å². The largest absolute Gasteiger partial charge is 0.496 e. The van der Waals surface area contributed by atoms with Crippen LogP contribution in [0.4, 0.5) is 11.4 Å². The monoisotopic (exact) mass is 616 g/mol. The molecule has 4 aromatic carbocycles. The summed E-state index contributed by atoms with van der Waals surface area (Å²) < 4.78 is 6.47. The lowest BCUT2D eigenvalue weighted by Crippen LogP contribution is -2.56. The molecular formula is C31H22BrClN2O3S. The number of thiocarbonyl (C=S) groups is 1. The number of benzene rings is 4. The molecule has 5 nitrogen and oxygen atoms in total. The third-order valence-corrected chi connectivity index (χ3v) is 7.75. The predicted molar refractivity (Wildman–Crippen MR) is 163 cm³/mol. The summed E-state index contributed by atoms with van der Waals surface area (Å²) in [5.74, 6) is -0.403. The summed E-state index contributed by atoms with van der Waals surface area (Å²) in [6, 6.07) is 29.4. The lowest BCUT2D eigenvalue weighted by atomic mass is 10.00. The Balaban J connectivity index is 1.60. The minimum atomic E-state index is -0.501. The molecule has 2 amide bonds. The van der Waals surface area contributed by atoms with E-state index in [9.17, 15) is 9.59 Å². The van der Waals surface area contributed by atoms with Gasteiger partial charge in [-0.05, 0) is 71.9 Å². The van der Waals surface area contributed by atoms with E-state index in [-0.39, 0.29) is 10.7 Å². The molecule has 1 aliphatic heterocycles. The van der Waals surface area contributed by atoms with Crippen molar-refractivity contribution in [3.05, 3.63) is 129 Å². The van der Waals surface area contributed by atoms with Crippen molar-refractivity contribution in [1.82, 2.24) is 0 Å². The van der Waals surface area contributed by atoms with Gasteiger partial charge in [0.1, 0.15) is 11.3 Å². The number of anilines is 2. The molecule has 1 saturated heterocycles. The number of nitrogens with zero attached hydrogens (tertiary/aromatic N) is 2. The normalized spacial score (nSPS) is 13.6. The average molecular weight is 618 g/mol. The number of carbonyl (C=O) groups is 2. The molecule has 0 radical (unpaired) electrons. The first-order valence-electron chi connectivity index (χ1n) is 12.0. The number of amides is 2. The second-order valence-electron chi connectivity index (χ2n) is 8.74. The van der Waals surface area contributed by atoms with Crippen LogP contribution in [-0.2, 0) is 16.0 Å². The standard InChI is InChI=1S/C31H22BrClN2O3S/c1-38-28-18-20(17-26(32)24(28)19-21-10-8-9-15-27(21)33)16-25-29(36)34(22-11-4-2-5-12-22)31(39)35(30(25)37)23-13-6-3-7-14-23/h2-18H,19H2,1H3. The molecule has 0 aliphatic carbocycles. The van der Waals surface area contributed by atoms with Gasteiger partial charge >= 0.3 is 0 Å². The van der Waals surface area contributed by atoms with Gasteiger partial charge < -0.3 is 4.74 Å². The molecule has 0 bridgehead atoms. The van der Waals surface area contributed by atoms with Gasteiger partial charge in [0.25, 0.3) is 11.8 Å². The zero-order valence-corrected chi connectivity index (χ0v) is 24.0. The molecular weight excluding hydrogens is 596 g/mol. The third kappa shape index (κ3) is 5.39. The number of ether oxygens (including phenoxy) is 1. The molecule has 0 N–H and O–H groups in total. The maximum Gasteiger partial charge on any atom is 0.270 e. The van der Waals surface area contributed by atoms with E-state index in [1.54, 1.807) is 43.5 Å². The van der Waals surface area contributed by atoms with Crippen LogP contribution in [0.5, 0.6) is 5.75 Å². The molecule has 1 fully saturated rings. The Hall–Kier alpha value is -3.78. The van der Waals surface area contributed by atoms with Gasteiger partial charge in [-0.1, -0.05) is 82.1 Å². The second kappa shape index (κ2) is 11.5. The Bertz CT molecular complexity index is 1550. The van der Waals surface area contributed by atoms with E-state index < -0.39 is 11.8 Å². The zero-order valence-electron chi connectivity index (χ0n) is 20.8. The fourth-order valence-electron chi connectivity index (χ4n) is 4.41. The molecule has 5 rings (SSSR count). The maximum absolute atomic E-state index is 13.8. The van der Waals surface area contributed by atoms with Crippen molar-refractivity contribution in [2.24, 2.45) is 0 Å². The molecule has 39 heavy (non-hydrogen) atoms. The third-order valence-electron chi connectivity index (χ3n) is 6.31. The van der Waals surface area contributed by atoms with E-state index in [0.29, 0.717) is 34.1 Å². The van der Waals surface area contributed by atoms with Gasteiger partial charge in [-0.25, -0.2) is 0 Å². The molecule has 8 heteroatoms. The first-order chi connectivity index (χ1) is 18.9. The van der Waals surface area contributed by atoms with Gasteiger partial charge in [0, 0.05) is 21.5 Å². The van der Waals surface area contributed by atoms with Crippen LogP contribution in [0.25, 0.3) is 6.08 Å². The van der Waals surface area contributed by atoms with E-state index in [2.05, 4.69) is 15.9 Å². The molecule has 0 spiro atoms. The highest BCUT2D eigenvalue weighted by Gasteiger charge is 2.41. The van der Waals surface area contributed by atoms with E-state index in [1.807, 2.05) is 66.7 Å². The highest BCUT2D eigenvalue weighted by molar-refractivity contribution is 9.10. The minimum absolute atomic E-state index is 0.0240. The van der Waals surface area contributed by atoms with Crippen molar-refractivity contribution in [1.29, 1.82) is 0 Å². The number of rotatable bonds is 6. The Morgan fingerprint density at radius 2 is 1.38 bits per heavy atom. The minimum Gasteiger partial charge on any atom is -0.496 e. The van der Waals surface area contributed by atoms with Crippen LogP contribution in [0.3, 0.4) is 0 Å². The summed E-state index contributed by atoms with van der Waals surface area (Å²) in [6.45, 7) is 0. The number of halogens is 2. The zero-order chi connectivity index (χ0) is 27.5. The average Bonchev–Trinajstić information content (AvgIpc) is 2.94. The van der Waals surface area contributed by atoms with Crippen molar-refractivity contribution in [2.45, 2.75) is 6.42 Å². The lowest BCUT2D eigenvalue weighted by molar-refractivity contribution is -0.120. The lowest BCUT2D eigenvalue weighted by Gasteiger charge is -2.36. The smallest absolute Gasteiger partial charge is 0.270 e. The summed E-state index contributed by atoms with van der Waals surface area (Å²) in [4.78, 5) is 30.3. The summed E-state index contributed by atoms with van der Waals surface area (Å²) >= 11 is 15.7. The van der Waals surface area contributed by atoms with Crippen LogP contribution >= 0.6 is 39.7 Å². The molecule has 4 aromatic rings. The van der Waals surface area contributed by atoms with Gasteiger partial charge in [0.15, 0.2) is 5.11 Å². The van der Waals surface area contributed by atoms with Crippen molar-refractivity contribution < 1.29 is 14.3 Å². The number of para-hydroxylation sites is 2. The van der Waals surface area contributed by atoms with Crippen molar-refractivity contribution in [3.8, 4) is 5.75 Å². The van der Waals surface area contributed by atoms with Crippen LogP contribution in [-0.4, -0.2) is 24.0 Å². The second-order valence-corrected chi connectivity index (χ2v) is 10.4. The molecule has 1 heterocycles. The quantitative estimate of drug-likeness (QED) is 0.128. The maximum atomic E-state index is 13.8. The van der Waals surface area contributed by atoms with Crippen molar-refractivity contribution >= 4 is 74.1 Å². The van der Waals surface area contributed by atoms with E-state index in [0.717, 1.165) is 15.6 Å². The van der Waals surface area contributed by atoms with Crippen LogP contribution in [0.2, 0.25) is 5.02 Å². The van der Waals surface area contributed by atoms with E-state index in [4.69, 9.17) is 28.6 Å². The molecule has 0 unspecified atom stereocenters. The predicted octanol–water partition coefficient (Wildman–Crippen LogP) is 7.45. The highest BCUT2D eigenvalue weighted by atomic mass is 79.9. The van der Waals surface area contributed by atoms with Crippen LogP contribution < -0.4 is 14.5 Å². The topological polar surface area (TPSA) is 49.9 Å². The SMILES string of the molecule is COc1cc(C=C2C(=O)N(c3ccccc3)C(=S)N(c3ccccc3)C2=O)cc(Br)c1Cc1ccccc1Cl. The van der Waals surface area contributed by atoms with Crippen molar-refractivity contribution in [2.75, 3.05) is 16.9 Å². The fraction of sp³-hybridized carbons (Fsp3) is 0.0645. The summed E-state index contributed by atoms with van der Waals surface area (Å²) in [7, 11) is 1.58.